The molecular formula is C19H18N2O. The molecule has 1 heterocycles. The minimum atomic E-state index is -0.394. The highest BCUT2D eigenvalue weighted by Crippen LogP contribution is 2.22. The van der Waals surface area contributed by atoms with Crippen molar-refractivity contribution in [1.82, 2.24) is 4.98 Å². The maximum Gasteiger partial charge on any atom is 0.248 e. The molecular weight excluding hydrogens is 272 g/mol. The summed E-state index contributed by atoms with van der Waals surface area (Å²) < 4.78 is 0. The van der Waals surface area contributed by atoms with Gasteiger partial charge in [0.2, 0.25) is 5.91 Å². The van der Waals surface area contributed by atoms with Crippen molar-refractivity contribution in [3.05, 3.63) is 77.0 Å². The molecule has 0 unspecified atom stereocenters. The second kappa shape index (κ2) is 5.98. The summed E-state index contributed by atoms with van der Waals surface area (Å²) in [7, 11) is 0. The van der Waals surface area contributed by atoms with Gasteiger partial charge in [-0.25, -0.2) is 0 Å². The fraction of sp³-hybridized carbons (Fsp3) is 0.158. The maximum atomic E-state index is 11.1. The highest BCUT2D eigenvalue weighted by atomic mass is 16.1. The van der Waals surface area contributed by atoms with E-state index in [-0.39, 0.29) is 0 Å². The van der Waals surface area contributed by atoms with E-state index in [1.54, 1.807) is 12.1 Å². The zero-order valence-corrected chi connectivity index (χ0v) is 12.5. The first-order chi connectivity index (χ1) is 10.7. The Hall–Kier alpha value is -2.68. The Balaban J connectivity index is 2.00. The average Bonchev–Trinajstić information content (AvgIpc) is 2.55. The van der Waals surface area contributed by atoms with Crippen molar-refractivity contribution in [2.24, 2.45) is 5.73 Å². The van der Waals surface area contributed by atoms with Crippen LogP contribution in [-0.2, 0) is 12.8 Å². The Morgan fingerprint density at radius 2 is 1.82 bits per heavy atom. The molecule has 110 valence electrons. The molecule has 0 aliphatic carbocycles. The SMILES string of the molecule is CCc1cc(Cc2ccc(C(N)=O)cc2)c2ccccc2n1. The lowest BCUT2D eigenvalue weighted by atomic mass is 9.99. The Kier molecular flexibility index (Phi) is 3.88. The lowest BCUT2D eigenvalue weighted by Crippen LogP contribution is -2.10. The molecule has 0 fully saturated rings. The quantitative estimate of drug-likeness (QED) is 0.799. The monoisotopic (exact) mass is 290 g/mol. The fourth-order valence-electron chi connectivity index (χ4n) is 2.64. The highest BCUT2D eigenvalue weighted by Gasteiger charge is 2.07. The Labute approximate surface area is 129 Å². The van der Waals surface area contributed by atoms with E-state index in [9.17, 15) is 4.79 Å². The van der Waals surface area contributed by atoms with Crippen molar-refractivity contribution in [3.8, 4) is 0 Å². The van der Waals surface area contributed by atoms with Crippen molar-refractivity contribution in [3.63, 3.8) is 0 Å². The molecule has 1 amide bonds. The number of carbonyl (C=O) groups is 1. The maximum absolute atomic E-state index is 11.1. The number of aryl methyl sites for hydroxylation is 1. The molecule has 0 spiro atoms. The molecule has 3 nitrogen and oxygen atoms in total. The van der Waals surface area contributed by atoms with Crippen LogP contribution in [0.5, 0.6) is 0 Å². The number of amides is 1. The molecule has 0 saturated heterocycles. The number of hydrogen-bond acceptors (Lipinski definition) is 2. The third kappa shape index (κ3) is 2.84. The van der Waals surface area contributed by atoms with Crippen LogP contribution in [0.4, 0.5) is 0 Å². The number of fused-ring (bicyclic) bond motifs is 1. The number of rotatable bonds is 4. The smallest absolute Gasteiger partial charge is 0.248 e. The van der Waals surface area contributed by atoms with E-state index in [2.05, 4.69) is 24.0 Å². The summed E-state index contributed by atoms with van der Waals surface area (Å²) in [5.41, 5.74) is 10.4. The van der Waals surface area contributed by atoms with Crippen LogP contribution >= 0.6 is 0 Å². The van der Waals surface area contributed by atoms with Crippen molar-refractivity contribution in [2.45, 2.75) is 19.8 Å². The molecule has 3 aromatic rings. The van der Waals surface area contributed by atoms with E-state index in [1.165, 1.54) is 10.9 Å². The number of nitrogens with two attached hydrogens (primary N) is 1. The number of para-hydroxylation sites is 1. The molecule has 2 aromatic carbocycles. The second-order valence-electron chi connectivity index (χ2n) is 5.38. The first-order valence-corrected chi connectivity index (χ1v) is 7.43. The van der Waals surface area contributed by atoms with Gasteiger partial charge in [-0.05, 0) is 48.2 Å². The molecule has 3 heteroatoms. The lowest BCUT2D eigenvalue weighted by Gasteiger charge is -2.09. The second-order valence-corrected chi connectivity index (χ2v) is 5.38. The number of hydrogen-bond donors (Lipinski definition) is 1. The zero-order valence-electron chi connectivity index (χ0n) is 12.5. The van der Waals surface area contributed by atoms with Gasteiger partial charge in [-0.3, -0.25) is 9.78 Å². The van der Waals surface area contributed by atoms with E-state index in [0.29, 0.717) is 5.56 Å². The molecule has 0 bridgehead atoms. The van der Waals surface area contributed by atoms with Gasteiger partial charge in [0, 0.05) is 16.6 Å². The van der Waals surface area contributed by atoms with E-state index >= 15 is 0 Å². The summed E-state index contributed by atoms with van der Waals surface area (Å²) in [6.45, 7) is 2.11. The Bertz CT molecular complexity index is 822. The predicted octanol–water partition coefficient (Wildman–Crippen LogP) is 3.49. The van der Waals surface area contributed by atoms with Crippen molar-refractivity contribution in [1.29, 1.82) is 0 Å². The molecule has 0 aliphatic rings. The predicted molar refractivity (Wildman–Crippen MR) is 88.9 cm³/mol. The number of primary amides is 1. The molecule has 0 radical (unpaired) electrons. The van der Waals surface area contributed by atoms with Gasteiger partial charge in [-0.1, -0.05) is 37.3 Å². The van der Waals surface area contributed by atoms with Crippen LogP contribution < -0.4 is 5.73 Å². The number of nitrogens with zero attached hydrogens (tertiary/aromatic N) is 1. The summed E-state index contributed by atoms with van der Waals surface area (Å²) in [6.07, 6.45) is 1.73. The van der Waals surface area contributed by atoms with Crippen molar-refractivity contribution < 1.29 is 4.79 Å². The fourth-order valence-corrected chi connectivity index (χ4v) is 2.64. The van der Waals surface area contributed by atoms with Gasteiger partial charge >= 0.3 is 0 Å². The molecule has 0 aliphatic heterocycles. The summed E-state index contributed by atoms with van der Waals surface area (Å²) in [6, 6.07) is 17.9. The van der Waals surface area contributed by atoms with Crippen molar-refractivity contribution in [2.75, 3.05) is 0 Å². The average molecular weight is 290 g/mol. The molecule has 0 saturated carbocycles. The number of carbonyl (C=O) groups excluding carboxylic acids is 1. The van der Waals surface area contributed by atoms with Crippen LogP contribution in [0.1, 0.15) is 34.1 Å². The van der Waals surface area contributed by atoms with Crippen LogP contribution in [0, 0.1) is 0 Å². The Morgan fingerprint density at radius 3 is 2.50 bits per heavy atom. The first-order valence-electron chi connectivity index (χ1n) is 7.43. The van der Waals surface area contributed by atoms with Crippen LogP contribution in [-0.4, -0.2) is 10.9 Å². The largest absolute Gasteiger partial charge is 0.366 e. The van der Waals surface area contributed by atoms with Crippen LogP contribution in [0.15, 0.2) is 54.6 Å². The van der Waals surface area contributed by atoms with Crippen LogP contribution in [0.2, 0.25) is 0 Å². The van der Waals surface area contributed by atoms with Crippen LogP contribution in [0.25, 0.3) is 10.9 Å². The normalized spacial score (nSPS) is 10.8. The molecule has 22 heavy (non-hydrogen) atoms. The number of benzene rings is 2. The summed E-state index contributed by atoms with van der Waals surface area (Å²) in [5.74, 6) is -0.394. The van der Waals surface area contributed by atoms with Gasteiger partial charge in [0.25, 0.3) is 0 Å². The Morgan fingerprint density at radius 1 is 1.09 bits per heavy atom. The number of pyridine rings is 1. The highest BCUT2D eigenvalue weighted by molar-refractivity contribution is 5.92. The molecule has 1 aromatic heterocycles. The summed E-state index contributed by atoms with van der Waals surface area (Å²) in [5, 5.41) is 1.18. The third-order valence-electron chi connectivity index (χ3n) is 3.85. The van der Waals surface area contributed by atoms with Crippen LogP contribution in [0.3, 0.4) is 0 Å². The van der Waals surface area contributed by atoms with Gasteiger partial charge in [0.15, 0.2) is 0 Å². The van der Waals surface area contributed by atoms with Gasteiger partial charge in [-0.2, -0.15) is 0 Å². The minimum Gasteiger partial charge on any atom is -0.366 e. The summed E-state index contributed by atoms with van der Waals surface area (Å²) in [4.78, 5) is 15.8. The van der Waals surface area contributed by atoms with Gasteiger partial charge in [0.05, 0.1) is 5.52 Å². The van der Waals surface area contributed by atoms with Gasteiger partial charge in [0.1, 0.15) is 0 Å². The number of aromatic nitrogens is 1. The van der Waals surface area contributed by atoms with Crippen molar-refractivity contribution >= 4 is 16.8 Å². The summed E-state index contributed by atoms with van der Waals surface area (Å²) >= 11 is 0. The molecule has 2 N–H and O–H groups in total. The lowest BCUT2D eigenvalue weighted by molar-refractivity contribution is 0.100. The standard InChI is InChI=1S/C19H18N2O/c1-2-16-12-15(17-5-3-4-6-18(17)21-16)11-13-7-9-14(10-8-13)19(20)22/h3-10,12H,2,11H2,1H3,(H2,20,22). The van der Waals surface area contributed by atoms with E-state index in [4.69, 9.17) is 5.73 Å². The van der Waals surface area contributed by atoms with Gasteiger partial charge in [-0.15, -0.1) is 0 Å². The van der Waals surface area contributed by atoms with Gasteiger partial charge < -0.3 is 5.73 Å². The van der Waals surface area contributed by atoms with E-state index < -0.39 is 5.91 Å². The minimum absolute atomic E-state index is 0.394. The first kappa shape index (κ1) is 14.3. The zero-order chi connectivity index (χ0) is 15.5. The van der Waals surface area contributed by atoms with E-state index in [1.807, 2.05) is 30.3 Å². The third-order valence-corrected chi connectivity index (χ3v) is 3.85. The molecule has 3 rings (SSSR count). The molecule has 0 atom stereocenters. The van der Waals surface area contributed by atoms with E-state index in [0.717, 1.165) is 29.6 Å². The topological polar surface area (TPSA) is 56.0 Å².